The van der Waals surface area contributed by atoms with Crippen LogP contribution < -0.4 is 0 Å². The zero-order valence-corrected chi connectivity index (χ0v) is 5.56. The van der Waals surface area contributed by atoms with Crippen LogP contribution in [0, 0.1) is 17.8 Å². The number of hydrogen-bond acceptors (Lipinski definition) is 0. The first-order chi connectivity index (χ1) is 3.86. The minimum atomic E-state index is 1.05. The lowest BCUT2D eigenvalue weighted by molar-refractivity contribution is 0.368. The molecule has 0 aromatic carbocycles. The van der Waals surface area contributed by atoms with Crippen LogP contribution in [0.1, 0.15) is 32.6 Å². The molecule has 0 spiro atoms. The molecule has 0 heteroatoms. The van der Waals surface area contributed by atoms with Crippen LogP contribution >= 0.6 is 0 Å². The minimum Gasteiger partial charge on any atom is -0.0625 e. The molecule has 0 amide bonds. The Morgan fingerprint density at radius 3 is 2.50 bits per heavy atom. The molecule has 0 bridgehead atoms. The second kappa shape index (κ2) is 1.49. The third-order valence-corrected chi connectivity index (χ3v) is 2.80. The summed E-state index contributed by atoms with van der Waals surface area (Å²) in [5.74, 6) is 3.42. The van der Waals surface area contributed by atoms with Gasteiger partial charge in [-0.1, -0.05) is 13.3 Å². The Labute approximate surface area is 51.3 Å². The summed E-state index contributed by atoms with van der Waals surface area (Å²) >= 11 is 0. The monoisotopic (exact) mass is 110 g/mol. The molecule has 0 aromatic rings. The summed E-state index contributed by atoms with van der Waals surface area (Å²) in [4.78, 5) is 0. The van der Waals surface area contributed by atoms with Gasteiger partial charge in [0.2, 0.25) is 0 Å². The second-order valence-corrected chi connectivity index (χ2v) is 3.67. The molecule has 0 radical (unpaired) electrons. The van der Waals surface area contributed by atoms with Gasteiger partial charge in [0.05, 0.1) is 0 Å². The van der Waals surface area contributed by atoms with E-state index in [4.69, 9.17) is 0 Å². The highest BCUT2D eigenvalue weighted by molar-refractivity contribution is 4.91. The quantitative estimate of drug-likeness (QED) is 0.449. The van der Waals surface area contributed by atoms with E-state index in [0.29, 0.717) is 0 Å². The van der Waals surface area contributed by atoms with E-state index in [-0.39, 0.29) is 0 Å². The smallest absolute Gasteiger partial charge is 0.0380 e. The van der Waals surface area contributed by atoms with E-state index in [0.717, 1.165) is 5.92 Å². The molecule has 2 saturated carbocycles. The molecular formula is C8H14. The zero-order valence-electron chi connectivity index (χ0n) is 5.56. The molecule has 0 nitrogen and oxygen atoms in total. The largest absolute Gasteiger partial charge is 0.0625 e. The van der Waals surface area contributed by atoms with Crippen LogP contribution in [0.2, 0.25) is 0 Å². The SMILES string of the molecule is C[C@H]1CCC2C[C@H]2C1. The van der Waals surface area contributed by atoms with Crippen LogP contribution in [-0.2, 0) is 0 Å². The summed E-state index contributed by atoms with van der Waals surface area (Å²) in [6.45, 7) is 2.40. The van der Waals surface area contributed by atoms with Crippen molar-refractivity contribution in [1.29, 1.82) is 0 Å². The molecular weight excluding hydrogens is 96.1 g/mol. The molecule has 46 valence electrons. The lowest BCUT2D eigenvalue weighted by Crippen LogP contribution is -2.03. The molecule has 0 aromatic heterocycles. The Balaban J connectivity index is 1.93. The molecule has 8 heavy (non-hydrogen) atoms. The van der Waals surface area contributed by atoms with Gasteiger partial charge in [-0.05, 0) is 37.0 Å². The summed E-state index contributed by atoms with van der Waals surface area (Å²) in [6, 6.07) is 0. The van der Waals surface area contributed by atoms with E-state index in [1.54, 1.807) is 19.3 Å². The van der Waals surface area contributed by atoms with Crippen molar-refractivity contribution in [3.8, 4) is 0 Å². The Kier molecular flexibility index (Phi) is 0.902. The van der Waals surface area contributed by atoms with Gasteiger partial charge in [-0.2, -0.15) is 0 Å². The van der Waals surface area contributed by atoms with Gasteiger partial charge in [0.25, 0.3) is 0 Å². The highest BCUT2D eigenvalue weighted by Gasteiger charge is 2.40. The summed E-state index contributed by atoms with van der Waals surface area (Å²) < 4.78 is 0. The predicted molar refractivity (Wildman–Crippen MR) is 34.6 cm³/mol. The van der Waals surface area contributed by atoms with Gasteiger partial charge in [-0.15, -0.1) is 0 Å². The lowest BCUT2D eigenvalue weighted by Gasteiger charge is -2.15. The van der Waals surface area contributed by atoms with E-state index in [1.165, 1.54) is 18.3 Å². The van der Waals surface area contributed by atoms with E-state index >= 15 is 0 Å². The molecule has 1 unspecified atom stereocenters. The first-order valence-corrected chi connectivity index (χ1v) is 3.86. The highest BCUT2D eigenvalue weighted by Crippen LogP contribution is 2.51. The maximum atomic E-state index is 2.40. The lowest BCUT2D eigenvalue weighted by atomic mass is 9.91. The number of rotatable bonds is 0. The first-order valence-electron chi connectivity index (χ1n) is 3.86. The molecule has 2 aliphatic carbocycles. The molecule has 0 saturated heterocycles. The van der Waals surface area contributed by atoms with E-state index in [1.807, 2.05) is 0 Å². The Bertz CT molecular complexity index is 96.2. The van der Waals surface area contributed by atoms with Crippen molar-refractivity contribution in [2.75, 3.05) is 0 Å². The normalized spacial score (nSPS) is 52.9. The van der Waals surface area contributed by atoms with Gasteiger partial charge < -0.3 is 0 Å². The molecule has 2 aliphatic rings. The topological polar surface area (TPSA) is 0 Å². The first kappa shape index (κ1) is 4.84. The van der Waals surface area contributed by atoms with Crippen LogP contribution in [0.5, 0.6) is 0 Å². The van der Waals surface area contributed by atoms with Gasteiger partial charge in [0.1, 0.15) is 0 Å². The van der Waals surface area contributed by atoms with Crippen molar-refractivity contribution in [2.45, 2.75) is 32.6 Å². The van der Waals surface area contributed by atoms with Crippen molar-refractivity contribution in [3.05, 3.63) is 0 Å². The maximum absolute atomic E-state index is 2.40. The predicted octanol–water partition coefficient (Wildman–Crippen LogP) is 2.44. The average Bonchev–Trinajstić information content (AvgIpc) is 2.43. The van der Waals surface area contributed by atoms with Crippen LogP contribution in [0.4, 0.5) is 0 Å². The van der Waals surface area contributed by atoms with Gasteiger partial charge in [-0.25, -0.2) is 0 Å². The molecule has 3 atom stereocenters. The maximum Gasteiger partial charge on any atom is -0.0380 e. The van der Waals surface area contributed by atoms with E-state index < -0.39 is 0 Å². The zero-order chi connectivity index (χ0) is 5.56. The second-order valence-electron chi connectivity index (χ2n) is 3.67. The minimum absolute atomic E-state index is 1.05. The van der Waals surface area contributed by atoms with Crippen LogP contribution in [0.15, 0.2) is 0 Å². The number of hydrogen-bond donors (Lipinski definition) is 0. The van der Waals surface area contributed by atoms with Crippen molar-refractivity contribution < 1.29 is 0 Å². The third kappa shape index (κ3) is 0.667. The van der Waals surface area contributed by atoms with Gasteiger partial charge in [-0.3, -0.25) is 0 Å². The van der Waals surface area contributed by atoms with Gasteiger partial charge in [0, 0.05) is 0 Å². The van der Waals surface area contributed by atoms with Gasteiger partial charge >= 0.3 is 0 Å². The molecule has 0 aliphatic heterocycles. The Morgan fingerprint density at radius 1 is 1.00 bits per heavy atom. The van der Waals surface area contributed by atoms with E-state index in [9.17, 15) is 0 Å². The van der Waals surface area contributed by atoms with Gasteiger partial charge in [0.15, 0.2) is 0 Å². The Hall–Kier alpha value is 0. The van der Waals surface area contributed by atoms with E-state index in [2.05, 4.69) is 6.92 Å². The summed E-state index contributed by atoms with van der Waals surface area (Å²) in [5.41, 5.74) is 0. The summed E-state index contributed by atoms with van der Waals surface area (Å²) in [6.07, 6.45) is 6.18. The van der Waals surface area contributed by atoms with Crippen LogP contribution in [0.3, 0.4) is 0 Å². The fourth-order valence-corrected chi connectivity index (χ4v) is 2.09. The average molecular weight is 110 g/mol. The highest BCUT2D eigenvalue weighted by atomic mass is 14.5. The number of fused-ring (bicyclic) bond motifs is 1. The van der Waals surface area contributed by atoms with Crippen molar-refractivity contribution in [1.82, 2.24) is 0 Å². The van der Waals surface area contributed by atoms with Crippen molar-refractivity contribution >= 4 is 0 Å². The fraction of sp³-hybridized carbons (Fsp3) is 1.00. The molecule has 0 heterocycles. The van der Waals surface area contributed by atoms with Crippen molar-refractivity contribution in [3.63, 3.8) is 0 Å². The molecule has 0 N–H and O–H groups in total. The molecule has 2 fully saturated rings. The van der Waals surface area contributed by atoms with Crippen molar-refractivity contribution in [2.24, 2.45) is 17.8 Å². The Morgan fingerprint density at radius 2 is 1.88 bits per heavy atom. The molecule has 2 rings (SSSR count). The summed E-state index contributed by atoms with van der Waals surface area (Å²) in [5, 5.41) is 0. The summed E-state index contributed by atoms with van der Waals surface area (Å²) in [7, 11) is 0. The van der Waals surface area contributed by atoms with Crippen LogP contribution in [0.25, 0.3) is 0 Å². The third-order valence-electron chi connectivity index (χ3n) is 2.80. The fourth-order valence-electron chi connectivity index (χ4n) is 2.09. The standard InChI is InChI=1S/C8H14/c1-6-2-3-7-5-8(7)4-6/h6-8H,2-5H2,1H3/t6-,7?,8+/m0/s1. The van der Waals surface area contributed by atoms with Crippen LogP contribution in [-0.4, -0.2) is 0 Å².